The van der Waals surface area contributed by atoms with Crippen molar-refractivity contribution in [2.75, 3.05) is 46.5 Å². The third-order valence-corrected chi connectivity index (χ3v) is 6.82. The van der Waals surface area contributed by atoms with Crippen LogP contribution in [0, 0.1) is 0 Å². The van der Waals surface area contributed by atoms with Crippen LogP contribution in [0.4, 0.5) is 0 Å². The van der Waals surface area contributed by atoms with Gasteiger partial charge in [-0.05, 0) is 54.1 Å². The van der Waals surface area contributed by atoms with Gasteiger partial charge in [0.25, 0.3) is 11.7 Å². The average molecular weight is 515 g/mol. The van der Waals surface area contributed by atoms with E-state index in [1.807, 2.05) is 54.6 Å². The first-order chi connectivity index (χ1) is 18.5. The predicted molar refractivity (Wildman–Crippen MR) is 142 cm³/mol. The molecule has 0 saturated carbocycles. The topological polar surface area (TPSA) is 88.5 Å². The number of benzene rings is 3. The molecule has 1 amide bonds. The third-order valence-electron chi connectivity index (χ3n) is 6.82. The van der Waals surface area contributed by atoms with E-state index in [9.17, 15) is 14.7 Å². The molecule has 196 valence electrons. The van der Waals surface area contributed by atoms with Gasteiger partial charge in [-0.1, -0.05) is 30.3 Å². The molecule has 2 aliphatic heterocycles. The van der Waals surface area contributed by atoms with E-state index in [0.717, 1.165) is 13.1 Å². The standard InChI is InChI=1S/C30H30N2O6/c1-36-23-12-10-21(11-13-23)28(33)26-27(22-6-5-9-25(20-22)38-24-7-3-2-4-8-24)32(30(35)29(26)34)15-14-31-16-18-37-19-17-31/h2-13,20,27,33H,14-19H2,1H3/t27-/m0/s1. The second kappa shape index (κ2) is 11.5. The SMILES string of the molecule is COc1ccc(C(O)=C2C(=O)C(=O)N(CCN3CCOCC3)[C@H]2c2cccc(Oc3ccccc3)c2)cc1. The van der Waals surface area contributed by atoms with Gasteiger partial charge in [0.1, 0.15) is 23.0 Å². The number of carbonyl (C=O) groups excluding carboxylic acids is 2. The van der Waals surface area contributed by atoms with E-state index in [2.05, 4.69) is 4.90 Å². The Balaban J connectivity index is 1.53. The van der Waals surface area contributed by atoms with Gasteiger partial charge >= 0.3 is 0 Å². The second-order valence-electron chi connectivity index (χ2n) is 9.16. The van der Waals surface area contributed by atoms with E-state index >= 15 is 0 Å². The molecule has 3 aromatic rings. The summed E-state index contributed by atoms with van der Waals surface area (Å²) in [6.07, 6.45) is 0. The van der Waals surface area contributed by atoms with E-state index in [4.69, 9.17) is 14.2 Å². The van der Waals surface area contributed by atoms with Crippen molar-refractivity contribution in [2.24, 2.45) is 0 Å². The van der Waals surface area contributed by atoms with Gasteiger partial charge in [-0.15, -0.1) is 0 Å². The summed E-state index contributed by atoms with van der Waals surface area (Å²) in [4.78, 5) is 30.4. The number of hydrogen-bond acceptors (Lipinski definition) is 7. The first kappa shape index (κ1) is 25.5. The number of aliphatic hydroxyl groups is 1. The maximum Gasteiger partial charge on any atom is 0.295 e. The van der Waals surface area contributed by atoms with Crippen molar-refractivity contribution in [3.8, 4) is 17.2 Å². The Morgan fingerprint density at radius 1 is 0.895 bits per heavy atom. The molecular formula is C30H30N2O6. The number of morpholine rings is 1. The zero-order chi connectivity index (χ0) is 26.5. The Kier molecular flexibility index (Phi) is 7.72. The smallest absolute Gasteiger partial charge is 0.295 e. The summed E-state index contributed by atoms with van der Waals surface area (Å²) in [5.41, 5.74) is 1.16. The van der Waals surface area contributed by atoms with Gasteiger partial charge in [-0.3, -0.25) is 14.5 Å². The van der Waals surface area contributed by atoms with Crippen LogP contribution in [0.15, 0.2) is 84.4 Å². The predicted octanol–water partition coefficient (Wildman–Crippen LogP) is 4.24. The highest BCUT2D eigenvalue weighted by atomic mass is 16.5. The van der Waals surface area contributed by atoms with Crippen molar-refractivity contribution in [1.82, 2.24) is 9.80 Å². The fraction of sp³-hybridized carbons (Fsp3) is 0.267. The maximum absolute atomic E-state index is 13.4. The van der Waals surface area contributed by atoms with Gasteiger partial charge in [0, 0.05) is 31.7 Å². The maximum atomic E-state index is 13.4. The number of aliphatic hydroxyl groups excluding tert-OH is 1. The minimum atomic E-state index is -0.766. The number of amides is 1. The lowest BCUT2D eigenvalue weighted by atomic mass is 9.95. The van der Waals surface area contributed by atoms with Gasteiger partial charge < -0.3 is 24.2 Å². The van der Waals surface area contributed by atoms with Crippen LogP contribution in [-0.2, 0) is 14.3 Å². The van der Waals surface area contributed by atoms with Crippen LogP contribution in [0.25, 0.3) is 5.76 Å². The summed E-state index contributed by atoms with van der Waals surface area (Å²) in [6, 6.07) is 22.6. The van der Waals surface area contributed by atoms with Crippen molar-refractivity contribution in [3.63, 3.8) is 0 Å². The molecule has 2 heterocycles. The summed E-state index contributed by atoms with van der Waals surface area (Å²) < 4.78 is 16.7. The monoisotopic (exact) mass is 514 g/mol. The largest absolute Gasteiger partial charge is 0.507 e. The summed E-state index contributed by atoms with van der Waals surface area (Å²) in [5, 5.41) is 11.3. The molecule has 5 rings (SSSR count). The highest BCUT2D eigenvalue weighted by Crippen LogP contribution is 2.40. The highest BCUT2D eigenvalue weighted by molar-refractivity contribution is 6.46. The molecule has 1 N–H and O–H groups in total. The zero-order valence-corrected chi connectivity index (χ0v) is 21.2. The van der Waals surface area contributed by atoms with Crippen molar-refractivity contribution >= 4 is 17.4 Å². The molecule has 0 aliphatic carbocycles. The molecule has 2 saturated heterocycles. The normalized spacial score (nSPS) is 19.5. The molecule has 3 aromatic carbocycles. The molecule has 0 unspecified atom stereocenters. The number of methoxy groups -OCH3 is 1. The quantitative estimate of drug-likeness (QED) is 0.273. The summed E-state index contributed by atoms with van der Waals surface area (Å²) in [5.74, 6) is 0.294. The van der Waals surface area contributed by atoms with Crippen LogP contribution < -0.4 is 9.47 Å². The lowest BCUT2D eigenvalue weighted by Gasteiger charge is -2.31. The molecule has 8 nitrogen and oxygen atoms in total. The molecule has 0 aromatic heterocycles. The number of likely N-dealkylation sites (tertiary alicyclic amines) is 1. The van der Waals surface area contributed by atoms with E-state index in [-0.39, 0.29) is 11.3 Å². The molecule has 8 heteroatoms. The Hall–Kier alpha value is -4.14. The van der Waals surface area contributed by atoms with Gasteiger partial charge in [0.2, 0.25) is 0 Å². The summed E-state index contributed by atoms with van der Waals surface area (Å²) >= 11 is 0. The number of para-hydroxylation sites is 1. The van der Waals surface area contributed by atoms with Crippen LogP contribution in [0.5, 0.6) is 17.2 Å². The number of carbonyl (C=O) groups is 2. The van der Waals surface area contributed by atoms with Crippen LogP contribution in [0.3, 0.4) is 0 Å². The van der Waals surface area contributed by atoms with Gasteiger partial charge in [0.05, 0.1) is 31.9 Å². The Morgan fingerprint density at radius 3 is 2.32 bits per heavy atom. The molecule has 1 atom stereocenters. The minimum absolute atomic E-state index is 0.0546. The van der Waals surface area contributed by atoms with Crippen LogP contribution >= 0.6 is 0 Å². The molecule has 0 radical (unpaired) electrons. The van der Waals surface area contributed by atoms with Gasteiger partial charge in [-0.25, -0.2) is 0 Å². The van der Waals surface area contributed by atoms with Crippen LogP contribution in [-0.4, -0.2) is 73.1 Å². The van der Waals surface area contributed by atoms with E-state index in [0.29, 0.717) is 54.7 Å². The van der Waals surface area contributed by atoms with Crippen molar-refractivity contribution in [2.45, 2.75) is 6.04 Å². The van der Waals surface area contributed by atoms with Crippen molar-refractivity contribution in [1.29, 1.82) is 0 Å². The molecule has 2 aliphatic rings. The summed E-state index contributed by atoms with van der Waals surface area (Å²) in [6.45, 7) is 3.73. The molecule has 0 bridgehead atoms. The minimum Gasteiger partial charge on any atom is -0.507 e. The molecule has 2 fully saturated rings. The van der Waals surface area contributed by atoms with Crippen LogP contribution in [0.2, 0.25) is 0 Å². The van der Waals surface area contributed by atoms with Gasteiger partial charge in [-0.2, -0.15) is 0 Å². The van der Waals surface area contributed by atoms with E-state index in [1.54, 1.807) is 36.3 Å². The fourth-order valence-electron chi connectivity index (χ4n) is 4.81. The van der Waals surface area contributed by atoms with Gasteiger partial charge in [0.15, 0.2) is 0 Å². The highest BCUT2D eigenvalue weighted by Gasteiger charge is 2.46. The van der Waals surface area contributed by atoms with E-state index < -0.39 is 17.7 Å². The third kappa shape index (κ3) is 5.41. The first-order valence-electron chi connectivity index (χ1n) is 12.6. The fourth-order valence-corrected chi connectivity index (χ4v) is 4.81. The number of hydrogen-bond donors (Lipinski definition) is 1. The molecule has 0 spiro atoms. The Bertz CT molecular complexity index is 1320. The number of nitrogens with zero attached hydrogens (tertiary/aromatic N) is 2. The molecule has 38 heavy (non-hydrogen) atoms. The number of rotatable bonds is 8. The summed E-state index contributed by atoms with van der Waals surface area (Å²) in [7, 11) is 1.55. The molecular weight excluding hydrogens is 484 g/mol. The van der Waals surface area contributed by atoms with Crippen LogP contribution in [0.1, 0.15) is 17.2 Å². The first-order valence-corrected chi connectivity index (χ1v) is 12.6. The van der Waals surface area contributed by atoms with E-state index in [1.165, 1.54) is 0 Å². The lowest BCUT2D eigenvalue weighted by molar-refractivity contribution is -0.140. The number of Topliss-reactive ketones (excluding diaryl/α,β-unsaturated/α-hetero) is 1. The Labute approximate surface area is 221 Å². The van der Waals surface area contributed by atoms with Crippen molar-refractivity contribution < 1.29 is 28.9 Å². The number of ketones is 1. The lowest BCUT2D eigenvalue weighted by Crippen LogP contribution is -2.42. The average Bonchev–Trinajstić information content (AvgIpc) is 3.22. The number of ether oxygens (including phenoxy) is 3. The van der Waals surface area contributed by atoms with Crippen molar-refractivity contribution in [3.05, 3.63) is 95.6 Å². The second-order valence-corrected chi connectivity index (χ2v) is 9.16. The Morgan fingerprint density at radius 2 is 1.61 bits per heavy atom. The zero-order valence-electron chi connectivity index (χ0n) is 21.2.